The number of ether oxygens (including phenoxy) is 1. The van der Waals surface area contributed by atoms with Crippen molar-refractivity contribution in [2.24, 2.45) is 0 Å². The van der Waals surface area contributed by atoms with Gasteiger partial charge in [-0.15, -0.1) is 0 Å². The van der Waals surface area contributed by atoms with Crippen LogP contribution in [0.2, 0.25) is 0 Å². The van der Waals surface area contributed by atoms with Crippen LogP contribution in [0.5, 0.6) is 0 Å². The Bertz CT molecular complexity index is 232. The van der Waals surface area contributed by atoms with Crippen molar-refractivity contribution in [1.29, 1.82) is 0 Å². The maximum Gasteiger partial charge on any atom is 0.0673 e. The van der Waals surface area contributed by atoms with E-state index in [0.29, 0.717) is 12.1 Å². The van der Waals surface area contributed by atoms with Gasteiger partial charge in [0.1, 0.15) is 0 Å². The van der Waals surface area contributed by atoms with E-state index in [1.807, 2.05) is 0 Å². The fraction of sp³-hybridized carbons (Fsp3) is 0.818. The maximum atomic E-state index is 5.78. The molecule has 1 saturated heterocycles. The quantitative estimate of drug-likeness (QED) is 0.656. The second-order valence-electron chi connectivity index (χ2n) is 4.40. The Balaban J connectivity index is 1.56. The molecule has 0 aromatic carbocycles. The molecule has 2 nitrogen and oxygen atoms in total. The molecule has 3 rings (SSSR count). The summed E-state index contributed by atoms with van der Waals surface area (Å²) in [5.41, 5.74) is 1.59. The molecule has 2 heteroatoms. The van der Waals surface area contributed by atoms with Gasteiger partial charge in [-0.25, -0.2) is 0 Å². The molecule has 72 valence electrons. The van der Waals surface area contributed by atoms with Gasteiger partial charge in [-0.3, -0.25) is 0 Å². The highest BCUT2D eigenvalue weighted by Crippen LogP contribution is 2.33. The Morgan fingerprint density at radius 1 is 1.38 bits per heavy atom. The van der Waals surface area contributed by atoms with Crippen LogP contribution in [0.3, 0.4) is 0 Å². The van der Waals surface area contributed by atoms with E-state index in [0.717, 1.165) is 6.61 Å². The van der Waals surface area contributed by atoms with Crippen LogP contribution in [0.15, 0.2) is 11.8 Å². The SMILES string of the molecule is C1=C2CCC(COC3CC3)N2CC1. The molecule has 2 heterocycles. The zero-order valence-electron chi connectivity index (χ0n) is 8.04. The number of fused-ring (bicyclic) bond motifs is 1. The first-order valence-corrected chi connectivity index (χ1v) is 5.51. The van der Waals surface area contributed by atoms with Crippen LogP contribution < -0.4 is 0 Å². The van der Waals surface area contributed by atoms with Gasteiger partial charge >= 0.3 is 0 Å². The Morgan fingerprint density at radius 2 is 2.31 bits per heavy atom. The third-order valence-electron chi connectivity index (χ3n) is 3.34. The van der Waals surface area contributed by atoms with Gasteiger partial charge in [0.2, 0.25) is 0 Å². The van der Waals surface area contributed by atoms with E-state index in [9.17, 15) is 0 Å². The van der Waals surface area contributed by atoms with Crippen molar-refractivity contribution in [3.8, 4) is 0 Å². The standard InChI is InChI=1S/C11H17NO/c1-2-9-3-4-10(12(9)7-1)8-13-11-5-6-11/h2,10-11H,1,3-8H2. The number of hydrogen-bond acceptors (Lipinski definition) is 2. The minimum atomic E-state index is 0.621. The molecule has 0 spiro atoms. The van der Waals surface area contributed by atoms with Gasteiger partial charge in [0.05, 0.1) is 18.8 Å². The van der Waals surface area contributed by atoms with Gasteiger partial charge in [-0.05, 0) is 32.1 Å². The summed E-state index contributed by atoms with van der Waals surface area (Å²) < 4.78 is 5.78. The van der Waals surface area contributed by atoms with Crippen molar-refractivity contribution in [3.63, 3.8) is 0 Å². The predicted octanol–water partition coefficient (Wildman–Crippen LogP) is 1.92. The molecule has 3 aliphatic rings. The summed E-state index contributed by atoms with van der Waals surface area (Å²) in [7, 11) is 0. The zero-order chi connectivity index (χ0) is 8.67. The number of hydrogen-bond donors (Lipinski definition) is 0. The zero-order valence-corrected chi connectivity index (χ0v) is 8.04. The molecule has 0 aromatic heterocycles. The summed E-state index contributed by atoms with van der Waals surface area (Å²) in [4.78, 5) is 2.56. The molecule has 2 fully saturated rings. The van der Waals surface area contributed by atoms with E-state index in [1.165, 1.54) is 38.6 Å². The molecule has 0 amide bonds. The molecule has 2 aliphatic heterocycles. The summed E-state index contributed by atoms with van der Waals surface area (Å²) in [6.45, 7) is 2.22. The van der Waals surface area contributed by atoms with Crippen molar-refractivity contribution >= 4 is 0 Å². The molecule has 1 atom stereocenters. The summed E-state index contributed by atoms with van der Waals surface area (Å²) >= 11 is 0. The average molecular weight is 179 g/mol. The van der Waals surface area contributed by atoms with Crippen LogP contribution in [0.25, 0.3) is 0 Å². The largest absolute Gasteiger partial charge is 0.376 e. The summed E-state index contributed by atoms with van der Waals surface area (Å²) in [5, 5.41) is 0. The van der Waals surface area contributed by atoms with Crippen molar-refractivity contribution in [1.82, 2.24) is 4.90 Å². The van der Waals surface area contributed by atoms with Gasteiger partial charge in [0.25, 0.3) is 0 Å². The minimum Gasteiger partial charge on any atom is -0.376 e. The molecule has 0 N–H and O–H groups in total. The average Bonchev–Trinajstić information content (AvgIpc) is 2.72. The first-order valence-electron chi connectivity index (χ1n) is 5.51. The lowest BCUT2D eigenvalue weighted by Gasteiger charge is -2.23. The molecule has 1 aliphatic carbocycles. The number of allylic oxidation sites excluding steroid dienone is 1. The van der Waals surface area contributed by atoms with Crippen molar-refractivity contribution in [2.45, 2.75) is 44.2 Å². The second-order valence-corrected chi connectivity index (χ2v) is 4.40. The Hall–Kier alpha value is -0.500. The molecule has 13 heavy (non-hydrogen) atoms. The van der Waals surface area contributed by atoms with E-state index >= 15 is 0 Å². The topological polar surface area (TPSA) is 12.5 Å². The third kappa shape index (κ3) is 1.48. The van der Waals surface area contributed by atoms with Crippen molar-refractivity contribution in [2.75, 3.05) is 13.2 Å². The van der Waals surface area contributed by atoms with Crippen molar-refractivity contribution < 1.29 is 4.74 Å². The molecule has 1 unspecified atom stereocenters. The molecule has 0 aromatic rings. The van der Waals surface area contributed by atoms with Gasteiger partial charge in [0, 0.05) is 12.2 Å². The van der Waals surface area contributed by atoms with Crippen LogP contribution in [-0.4, -0.2) is 30.2 Å². The molecule has 1 saturated carbocycles. The molecular formula is C11H17NO. The normalized spacial score (nSPS) is 32.2. The highest BCUT2D eigenvalue weighted by molar-refractivity contribution is 5.14. The monoisotopic (exact) mass is 179 g/mol. The van der Waals surface area contributed by atoms with Gasteiger partial charge < -0.3 is 9.64 Å². The van der Waals surface area contributed by atoms with Gasteiger partial charge in [0.15, 0.2) is 0 Å². The highest BCUT2D eigenvalue weighted by Gasteiger charge is 2.32. The number of rotatable bonds is 3. The summed E-state index contributed by atoms with van der Waals surface area (Å²) in [6.07, 6.45) is 9.49. The first-order chi connectivity index (χ1) is 6.43. The molecule has 0 radical (unpaired) electrons. The third-order valence-corrected chi connectivity index (χ3v) is 3.34. The van der Waals surface area contributed by atoms with Crippen LogP contribution in [-0.2, 0) is 4.74 Å². The van der Waals surface area contributed by atoms with E-state index in [2.05, 4.69) is 11.0 Å². The molecular weight excluding hydrogens is 162 g/mol. The molecule has 0 bridgehead atoms. The predicted molar refractivity (Wildman–Crippen MR) is 51.4 cm³/mol. The summed E-state index contributed by atoms with van der Waals surface area (Å²) in [6, 6.07) is 0.703. The lowest BCUT2D eigenvalue weighted by atomic mass is 10.2. The van der Waals surface area contributed by atoms with Crippen LogP contribution in [0, 0.1) is 0 Å². The minimum absolute atomic E-state index is 0.621. The van der Waals surface area contributed by atoms with E-state index in [-0.39, 0.29) is 0 Å². The fourth-order valence-corrected chi connectivity index (χ4v) is 2.42. The lowest BCUT2D eigenvalue weighted by Crippen LogP contribution is -2.30. The van der Waals surface area contributed by atoms with Gasteiger partial charge in [-0.2, -0.15) is 0 Å². The van der Waals surface area contributed by atoms with E-state index in [1.54, 1.807) is 5.70 Å². The lowest BCUT2D eigenvalue weighted by molar-refractivity contribution is 0.0746. The smallest absolute Gasteiger partial charge is 0.0673 e. The first kappa shape index (κ1) is 7.86. The Morgan fingerprint density at radius 3 is 3.15 bits per heavy atom. The van der Waals surface area contributed by atoms with Crippen LogP contribution >= 0.6 is 0 Å². The fourth-order valence-electron chi connectivity index (χ4n) is 2.42. The highest BCUT2D eigenvalue weighted by atomic mass is 16.5. The Labute approximate surface area is 79.6 Å². The second kappa shape index (κ2) is 3.02. The number of nitrogens with zero attached hydrogens (tertiary/aromatic N) is 1. The Kier molecular flexibility index (Phi) is 1.82. The summed E-state index contributed by atoms with van der Waals surface area (Å²) in [5.74, 6) is 0. The van der Waals surface area contributed by atoms with Gasteiger partial charge in [-0.1, -0.05) is 6.08 Å². The maximum absolute atomic E-state index is 5.78. The van der Waals surface area contributed by atoms with E-state index in [4.69, 9.17) is 4.74 Å². The van der Waals surface area contributed by atoms with Crippen molar-refractivity contribution in [3.05, 3.63) is 11.8 Å². The van der Waals surface area contributed by atoms with E-state index < -0.39 is 0 Å². The van der Waals surface area contributed by atoms with Crippen LogP contribution in [0.1, 0.15) is 32.1 Å². The van der Waals surface area contributed by atoms with Crippen LogP contribution in [0.4, 0.5) is 0 Å².